The number of amidine groups is 1. The van der Waals surface area contributed by atoms with Crippen molar-refractivity contribution < 1.29 is 27.7 Å². The average Bonchev–Trinajstić information content (AvgIpc) is 3.36. The number of hydrogen-bond acceptors (Lipinski definition) is 8. The van der Waals surface area contributed by atoms with Gasteiger partial charge in [-0.1, -0.05) is 24.3 Å². The van der Waals surface area contributed by atoms with E-state index in [-0.39, 0.29) is 41.0 Å². The monoisotopic (exact) mass is 506 g/mol. The number of sulfonamides is 1. The third-order valence-electron chi connectivity index (χ3n) is 5.76. The molecule has 1 N–H and O–H groups in total. The minimum atomic E-state index is -3.79. The highest BCUT2D eigenvalue weighted by Gasteiger charge is 2.37. The standard InChI is InChI=1S/C24H18N4O7S/c29-22-11-15(14-27(22)17-6-4-7-18(13-17)28(31)32)24(30)35-19-8-3-5-16(12-19)25-23-20-9-1-2-10-21(20)36(33,34)26-23/h1-10,12-13,15H,11,14H2,(H,25,26)/t15-/m0/s1. The first-order valence-electron chi connectivity index (χ1n) is 10.8. The molecule has 1 amide bonds. The molecule has 0 radical (unpaired) electrons. The molecule has 0 unspecified atom stereocenters. The number of anilines is 2. The zero-order valence-corrected chi connectivity index (χ0v) is 19.3. The molecular formula is C24H18N4O7S. The summed E-state index contributed by atoms with van der Waals surface area (Å²) in [6.45, 7) is 0.0300. The van der Waals surface area contributed by atoms with Crippen molar-refractivity contribution in [3.05, 3.63) is 88.5 Å². The number of benzene rings is 3. The fourth-order valence-corrected chi connectivity index (χ4v) is 5.23. The summed E-state index contributed by atoms with van der Waals surface area (Å²) in [5, 5.41) is 14.0. The number of esters is 1. The van der Waals surface area contributed by atoms with Gasteiger partial charge in [0, 0.05) is 42.4 Å². The van der Waals surface area contributed by atoms with Gasteiger partial charge in [0.05, 0.1) is 16.5 Å². The molecule has 0 saturated carbocycles. The lowest BCUT2D eigenvalue weighted by Crippen LogP contribution is -2.27. The number of nitrogens with zero attached hydrogens (tertiary/aromatic N) is 3. The average molecular weight is 506 g/mol. The number of nitro groups is 1. The summed E-state index contributed by atoms with van der Waals surface area (Å²) >= 11 is 0. The van der Waals surface area contributed by atoms with Crippen LogP contribution in [0.1, 0.15) is 12.0 Å². The normalized spacial score (nSPS) is 17.9. The number of hydrogen-bond donors (Lipinski definition) is 1. The van der Waals surface area contributed by atoms with E-state index >= 15 is 0 Å². The molecule has 1 atom stereocenters. The van der Waals surface area contributed by atoms with Gasteiger partial charge in [-0.25, -0.2) is 0 Å². The first-order valence-corrected chi connectivity index (χ1v) is 12.2. The van der Waals surface area contributed by atoms with Gasteiger partial charge in [0.15, 0.2) is 5.84 Å². The van der Waals surface area contributed by atoms with Crippen LogP contribution in [0, 0.1) is 16.0 Å². The molecular weight excluding hydrogens is 488 g/mol. The fraction of sp³-hybridized carbons (Fsp3) is 0.125. The summed E-state index contributed by atoms with van der Waals surface area (Å²) in [5.74, 6) is -1.37. The Morgan fingerprint density at radius 3 is 2.67 bits per heavy atom. The van der Waals surface area contributed by atoms with Crippen molar-refractivity contribution in [3.8, 4) is 5.75 Å². The van der Waals surface area contributed by atoms with Crippen LogP contribution < -0.4 is 15.0 Å². The number of fused-ring (bicyclic) bond motifs is 1. The minimum absolute atomic E-state index is 0.0300. The van der Waals surface area contributed by atoms with Crippen molar-refractivity contribution in [1.82, 2.24) is 0 Å². The van der Waals surface area contributed by atoms with Gasteiger partial charge < -0.3 is 15.0 Å². The van der Waals surface area contributed by atoms with Crippen molar-refractivity contribution in [3.63, 3.8) is 0 Å². The lowest BCUT2D eigenvalue weighted by molar-refractivity contribution is -0.384. The lowest BCUT2D eigenvalue weighted by Gasteiger charge is -2.16. The van der Waals surface area contributed by atoms with E-state index in [0.29, 0.717) is 16.9 Å². The van der Waals surface area contributed by atoms with Gasteiger partial charge in [-0.2, -0.15) is 8.42 Å². The maximum absolute atomic E-state index is 12.8. The second-order valence-electron chi connectivity index (χ2n) is 8.17. The molecule has 2 aliphatic heterocycles. The van der Waals surface area contributed by atoms with Crippen LogP contribution in [0.2, 0.25) is 0 Å². The Kier molecular flexibility index (Phi) is 5.72. The predicted octanol–water partition coefficient (Wildman–Crippen LogP) is 3.11. The van der Waals surface area contributed by atoms with Crippen LogP contribution in [0.5, 0.6) is 5.75 Å². The van der Waals surface area contributed by atoms with E-state index in [1.54, 1.807) is 42.5 Å². The highest BCUT2D eigenvalue weighted by Crippen LogP contribution is 2.30. The van der Waals surface area contributed by atoms with Gasteiger partial charge in [0.1, 0.15) is 10.6 Å². The SMILES string of the molecule is O=C(Oc1cccc(NC2=NS(=O)(=O)c3ccccc32)c1)[C@H]1CC(=O)N(c2cccc([N+](=O)[O-])c2)C1. The quantitative estimate of drug-likeness (QED) is 0.240. The highest BCUT2D eigenvalue weighted by atomic mass is 32.2. The summed E-state index contributed by atoms with van der Waals surface area (Å²) in [5.41, 5.74) is 1.07. The van der Waals surface area contributed by atoms with Crippen LogP contribution in [-0.4, -0.2) is 37.6 Å². The zero-order chi connectivity index (χ0) is 25.4. The molecule has 3 aromatic rings. The van der Waals surface area contributed by atoms with Crippen molar-refractivity contribution in [2.75, 3.05) is 16.8 Å². The molecule has 3 aromatic carbocycles. The number of ether oxygens (including phenoxy) is 1. The molecule has 2 aliphatic rings. The predicted molar refractivity (Wildman–Crippen MR) is 129 cm³/mol. The number of non-ortho nitro benzene ring substituents is 1. The Hall–Kier alpha value is -4.58. The molecule has 1 saturated heterocycles. The molecule has 12 heteroatoms. The highest BCUT2D eigenvalue weighted by molar-refractivity contribution is 7.90. The zero-order valence-electron chi connectivity index (χ0n) is 18.5. The number of amides is 1. The maximum Gasteiger partial charge on any atom is 0.316 e. The molecule has 11 nitrogen and oxygen atoms in total. The summed E-state index contributed by atoms with van der Waals surface area (Å²) in [6.07, 6.45) is -0.0923. The van der Waals surface area contributed by atoms with Crippen molar-refractivity contribution in [2.45, 2.75) is 11.3 Å². The van der Waals surface area contributed by atoms with E-state index < -0.39 is 26.8 Å². The van der Waals surface area contributed by atoms with Gasteiger partial charge in [0.2, 0.25) is 5.91 Å². The molecule has 2 heterocycles. The van der Waals surface area contributed by atoms with Gasteiger partial charge in [-0.3, -0.25) is 19.7 Å². The molecule has 0 spiro atoms. The minimum Gasteiger partial charge on any atom is -0.426 e. The Labute approximate surface area is 205 Å². The molecule has 0 aromatic heterocycles. The fourth-order valence-electron chi connectivity index (χ4n) is 4.06. The molecule has 182 valence electrons. The lowest BCUT2D eigenvalue weighted by atomic mass is 10.1. The Morgan fingerprint density at radius 2 is 1.86 bits per heavy atom. The second kappa shape index (κ2) is 8.89. The summed E-state index contributed by atoms with van der Waals surface area (Å²) in [6, 6.07) is 18.4. The van der Waals surface area contributed by atoms with Gasteiger partial charge in [-0.05, 0) is 30.3 Å². The van der Waals surface area contributed by atoms with E-state index in [1.165, 1.54) is 35.2 Å². The van der Waals surface area contributed by atoms with Crippen LogP contribution in [0.15, 0.2) is 82.1 Å². The van der Waals surface area contributed by atoms with Crippen LogP contribution in [-0.2, 0) is 19.6 Å². The van der Waals surface area contributed by atoms with Crippen LogP contribution in [0.3, 0.4) is 0 Å². The van der Waals surface area contributed by atoms with Gasteiger partial charge in [-0.15, -0.1) is 4.40 Å². The van der Waals surface area contributed by atoms with Crippen molar-refractivity contribution in [1.29, 1.82) is 0 Å². The van der Waals surface area contributed by atoms with Gasteiger partial charge in [0.25, 0.3) is 15.7 Å². The largest absolute Gasteiger partial charge is 0.426 e. The van der Waals surface area contributed by atoms with E-state index in [0.717, 1.165) is 0 Å². The number of carbonyl (C=O) groups excluding carboxylic acids is 2. The molecule has 1 fully saturated rings. The molecule has 0 bridgehead atoms. The first-order chi connectivity index (χ1) is 17.2. The van der Waals surface area contributed by atoms with Gasteiger partial charge >= 0.3 is 5.97 Å². The Morgan fingerprint density at radius 1 is 1.08 bits per heavy atom. The number of nitrogens with one attached hydrogen (secondary N) is 1. The second-order valence-corrected chi connectivity index (χ2v) is 9.74. The van der Waals surface area contributed by atoms with E-state index in [9.17, 15) is 28.1 Å². The van der Waals surface area contributed by atoms with Crippen LogP contribution in [0.4, 0.5) is 17.1 Å². The Bertz CT molecular complexity index is 1550. The third kappa shape index (κ3) is 4.41. The molecule has 5 rings (SSSR count). The van der Waals surface area contributed by atoms with Crippen molar-refractivity contribution >= 4 is 44.8 Å². The van der Waals surface area contributed by atoms with E-state index in [2.05, 4.69) is 9.71 Å². The number of carbonyl (C=O) groups is 2. The smallest absolute Gasteiger partial charge is 0.316 e. The summed E-state index contributed by atoms with van der Waals surface area (Å²) in [4.78, 5) is 37.2. The topological polar surface area (TPSA) is 148 Å². The van der Waals surface area contributed by atoms with E-state index in [4.69, 9.17) is 4.74 Å². The maximum atomic E-state index is 12.8. The van der Waals surface area contributed by atoms with Crippen LogP contribution in [0.25, 0.3) is 0 Å². The molecule has 0 aliphatic carbocycles. The number of nitro benzene ring substituents is 1. The van der Waals surface area contributed by atoms with Crippen LogP contribution >= 0.6 is 0 Å². The summed E-state index contributed by atoms with van der Waals surface area (Å²) in [7, 11) is -3.79. The van der Waals surface area contributed by atoms with Crippen molar-refractivity contribution in [2.24, 2.45) is 10.3 Å². The van der Waals surface area contributed by atoms with E-state index in [1.807, 2.05) is 0 Å². The Balaban J connectivity index is 1.28. The number of rotatable bonds is 5. The summed E-state index contributed by atoms with van der Waals surface area (Å²) < 4.78 is 33.8. The molecule has 36 heavy (non-hydrogen) atoms. The third-order valence-corrected chi connectivity index (χ3v) is 7.09. The first kappa shape index (κ1) is 23.2.